The van der Waals surface area contributed by atoms with E-state index in [1.165, 1.54) is 12.1 Å². The maximum atomic E-state index is 12.6. The Morgan fingerprint density at radius 1 is 0.818 bits per heavy atom. The second-order valence-electron chi connectivity index (χ2n) is 7.45. The Morgan fingerprint density at radius 2 is 1.55 bits per heavy atom. The van der Waals surface area contributed by atoms with Gasteiger partial charge >= 0.3 is 6.16 Å². The number of nitrogens with one attached hydrogen (secondary N) is 2. The van der Waals surface area contributed by atoms with E-state index in [9.17, 15) is 14.4 Å². The molecule has 170 valence electrons. The number of rotatable bonds is 7. The van der Waals surface area contributed by atoms with E-state index < -0.39 is 6.16 Å². The Kier molecular flexibility index (Phi) is 7.81. The van der Waals surface area contributed by atoms with Crippen LogP contribution in [0, 0.1) is 13.8 Å². The first-order valence-electron chi connectivity index (χ1n) is 10.6. The van der Waals surface area contributed by atoms with Crippen molar-refractivity contribution in [3.63, 3.8) is 0 Å². The second-order valence-corrected chi connectivity index (χ2v) is 7.45. The molecule has 0 atom stereocenters. The van der Waals surface area contributed by atoms with E-state index in [0.717, 1.165) is 16.7 Å². The average Bonchev–Trinajstić information content (AvgIpc) is 2.80. The normalized spacial score (nSPS) is 10.3. The van der Waals surface area contributed by atoms with Crippen molar-refractivity contribution < 1.29 is 23.9 Å². The molecule has 3 aromatic rings. The number of aryl methyl sites for hydroxylation is 2. The van der Waals surface area contributed by atoms with E-state index in [1.807, 2.05) is 38.1 Å². The van der Waals surface area contributed by atoms with Crippen molar-refractivity contribution in [1.29, 1.82) is 0 Å². The molecular weight excluding hydrogens is 420 g/mol. The molecule has 0 saturated carbocycles. The first-order chi connectivity index (χ1) is 15.9. The highest BCUT2D eigenvalue weighted by Gasteiger charge is 2.10. The fraction of sp³-hybridized carbons (Fsp3) is 0.192. The summed E-state index contributed by atoms with van der Waals surface area (Å²) < 4.78 is 9.70. The SMILES string of the molecule is CCOC(=O)Oc1ccc(C(=O)Nc2cccc(CNC(=O)c3ccc(C)c(C)c3)c2)cc1. The highest BCUT2D eigenvalue weighted by Crippen LogP contribution is 2.16. The van der Waals surface area contributed by atoms with Crippen molar-refractivity contribution >= 4 is 23.7 Å². The van der Waals surface area contributed by atoms with Gasteiger partial charge in [-0.3, -0.25) is 9.59 Å². The molecule has 2 N–H and O–H groups in total. The summed E-state index contributed by atoms with van der Waals surface area (Å²) in [6.07, 6.45) is -0.795. The second kappa shape index (κ2) is 10.9. The molecule has 0 aliphatic rings. The predicted molar refractivity (Wildman–Crippen MR) is 126 cm³/mol. The molecular formula is C26H26N2O5. The van der Waals surface area contributed by atoms with Gasteiger partial charge in [0.1, 0.15) is 5.75 Å². The summed E-state index contributed by atoms with van der Waals surface area (Å²) in [5.74, 6) is -0.182. The van der Waals surface area contributed by atoms with Crippen LogP contribution in [-0.4, -0.2) is 24.6 Å². The lowest BCUT2D eigenvalue weighted by Crippen LogP contribution is -2.23. The van der Waals surface area contributed by atoms with Crippen LogP contribution in [0.2, 0.25) is 0 Å². The molecule has 0 aromatic heterocycles. The summed E-state index contributed by atoms with van der Waals surface area (Å²) in [6.45, 7) is 6.20. The van der Waals surface area contributed by atoms with Gasteiger partial charge < -0.3 is 20.1 Å². The number of anilines is 1. The van der Waals surface area contributed by atoms with Gasteiger partial charge in [-0.1, -0.05) is 18.2 Å². The first kappa shape index (κ1) is 23.5. The summed E-state index contributed by atoms with van der Waals surface area (Å²) in [7, 11) is 0. The van der Waals surface area contributed by atoms with E-state index in [-0.39, 0.29) is 24.2 Å². The van der Waals surface area contributed by atoms with Crippen LogP contribution < -0.4 is 15.4 Å². The average molecular weight is 447 g/mol. The van der Waals surface area contributed by atoms with Gasteiger partial charge in [0, 0.05) is 23.4 Å². The summed E-state index contributed by atoms with van der Waals surface area (Å²) in [6, 6.07) is 19.0. The number of ether oxygens (including phenoxy) is 2. The molecule has 0 spiro atoms. The molecule has 0 saturated heterocycles. The van der Waals surface area contributed by atoms with Crippen LogP contribution in [0.5, 0.6) is 5.75 Å². The summed E-state index contributed by atoms with van der Waals surface area (Å²) in [5.41, 5.74) is 4.66. The number of hydrogen-bond donors (Lipinski definition) is 2. The van der Waals surface area contributed by atoms with Gasteiger partial charge in [-0.2, -0.15) is 0 Å². The van der Waals surface area contributed by atoms with E-state index in [1.54, 1.807) is 37.3 Å². The molecule has 0 unspecified atom stereocenters. The van der Waals surface area contributed by atoms with E-state index in [0.29, 0.717) is 23.4 Å². The third-order valence-corrected chi connectivity index (χ3v) is 4.99. The summed E-state index contributed by atoms with van der Waals surface area (Å²) >= 11 is 0. The Labute approximate surface area is 192 Å². The minimum absolute atomic E-state index is 0.155. The molecule has 0 aliphatic carbocycles. The third-order valence-electron chi connectivity index (χ3n) is 4.99. The van der Waals surface area contributed by atoms with Crippen molar-refractivity contribution in [2.45, 2.75) is 27.3 Å². The number of benzene rings is 3. The van der Waals surface area contributed by atoms with E-state index in [4.69, 9.17) is 9.47 Å². The minimum Gasteiger partial charge on any atom is -0.434 e. The maximum Gasteiger partial charge on any atom is 0.513 e. The quantitative estimate of drug-likeness (QED) is 0.393. The largest absolute Gasteiger partial charge is 0.513 e. The Balaban J connectivity index is 1.58. The molecule has 7 heteroatoms. The van der Waals surface area contributed by atoms with Crippen molar-refractivity contribution in [1.82, 2.24) is 5.32 Å². The maximum absolute atomic E-state index is 12.6. The lowest BCUT2D eigenvalue weighted by molar-refractivity contribution is 0.0949. The third kappa shape index (κ3) is 6.67. The van der Waals surface area contributed by atoms with Gasteiger partial charge in [0.25, 0.3) is 11.8 Å². The topological polar surface area (TPSA) is 93.7 Å². The molecule has 0 heterocycles. The van der Waals surface area contributed by atoms with Gasteiger partial charge in [-0.15, -0.1) is 0 Å². The van der Waals surface area contributed by atoms with Crippen molar-refractivity contribution in [3.05, 3.63) is 94.5 Å². The first-order valence-corrected chi connectivity index (χ1v) is 10.6. The summed E-state index contributed by atoms with van der Waals surface area (Å²) in [4.78, 5) is 36.4. The van der Waals surface area contributed by atoms with Gasteiger partial charge in [-0.25, -0.2) is 4.79 Å². The van der Waals surface area contributed by atoms with Crippen LogP contribution in [0.25, 0.3) is 0 Å². The molecule has 2 amide bonds. The van der Waals surface area contributed by atoms with Crippen LogP contribution in [-0.2, 0) is 11.3 Å². The van der Waals surface area contributed by atoms with Gasteiger partial charge in [0.05, 0.1) is 6.61 Å². The lowest BCUT2D eigenvalue weighted by Gasteiger charge is -2.10. The number of hydrogen-bond acceptors (Lipinski definition) is 5. The fourth-order valence-corrected chi connectivity index (χ4v) is 3.05. The summed E-state index contributed by atoms with van der Waals surface area (Å²) in [5, 5.41) is 5.73. The highest BCUT2D eigenvalue weighted by molar-refractivity contribution is 6.04. The molecule has 0 aliphatic heterocycles. The smallest absolute Gasteiger partial charge is 0.434 e. The highest BCUT2D eigenvalue weighted by atomic mass is 16.7. The zero-order valence-corrected chi connectivity index (χ0v) is 18.8. The van der Waals surface area contributed by atoms with E-state index in [2.05, 4.69) is 10.6 Å². The molecule has 3 rings (SSSR count). The Hall–Kier alpha value is -4.13. The molecule has 33 heavy (non-hydrogen) atoms. The van der Waals surface area contributed by atoms with Crippen LogP contribution in [0.3, 0.4) is 0 Å². The van der Waals surface area contributed by atoms with Crippen molar-refractivity contribution in [2.24, 2.45) is 0 Å². The van der Waals surface area contributed by atoms with Gasteiger partial charge in [0.15, 0.2) is 0 Å². The Morgan fingerprint density at radius 3 is 2.24 bits per heavy atom. The molecule has 0 bridgehead atoms. The fourth-order valence-electron chi connectivity index (χ4n) is 3.05. The minimum atomic E-state index is -0.795. The zero-order chi connectivity index (χ0) is 23.8. The standard InChI is InChI=1S/C26H26N2O5/c1-4-32-26(31)33-23-12-10-20(11-13-23)25(30)28-22-7-5-6-19(15-22)16-27-24(29)21-9-8-17(2)18(3)14-21/h5-15H,4,16H2,1-3H3,(H,27,29)(H,28,30). The molecule has 0 fully saturated rings. The van der Waals surface area contributed by atoms with Crippen LogP contribution in [0.4, 0.5) is 10.5 Å². The van der Waals surface area contributed by atoms with E-state index >= 15 is 0 Å². The number of carbonyl (C=O) groups excluding carboxylic acids is 3. The number of carbonyl (C=O) groups is 3. The van der Waals surface area contributed by atoms with Crippen LogP contribution in [0.15, 0.2) is 66.7 Å². The van der Waals surface area contributed by atoms with Crippen molar-refractivity contribution in [2.75, 3.05) is 11.9 Å². The van der Waals surface area contributed by atoms with Crippen LogP contribution >= 0.6 is 0 Å². The molecule has 3 aromatic carbocycles. The molecule has 7 nitrogen and oxygen atoms in total. The predicted octanol–water partition coefficient (Wildman–Crippen LogP) is 5.02. The zero-order valence-electron chi connectivity index (χ0n) is 18.8. The monoisotopic (exact) mass is 446 g/mol. The van der Waals surface area contributed by atoms with Crippen LogP contribution in [0.1, 0.15) is 44.3 Å². The number of amides is 2. The lowest BCUT2D eigenvalue weighted by atomic mass is 10.1. The van der Waals surface area contributed by atoms with Gasteiger partial charge in [-0.05, 0) is 86.0 Å². The molecule has 0 radical (unpaired) electrons. The Bertz CT molecular complexity index is 1160. The van der Waals surface area contributed by atoms with Gasteiger partial charge in [0.2, 0.25) is 0 Å². The van der Waals surface area contributed by atoms with Crippen molar-refractivity contribution in [3.8, 4) is 5.75 Å².